The first-order valence-corrected chi connectivity index (χ1v) is 3.67. The van der Waals surface area contributed by atoms with E-state index in [4.69, 9.17) is 9.47 Å². The van der Waals surface area contributed by atoms with Crippen LogP contribution < -0.4 is 0 Å². The smallest absolute Gasteiger partial charge is 0.111 e. The highest BCUT2D eigenvalue weighted by atomic mass is 16.6. The average Bonchev–Trinajstić information content (AvgIpc) is 2.19. The van der Waals surface area contributed by atoms with Gasteiger partial charge in [0.1, 0.15) is 18.3 Å². The molecule has 1 aliphatic heterocycles. The van der Waals surface area contributed by atoms with Gasteiger partial charge in [-0.1, -0.05) is 0 Å². The summed E-state index contributed by atoms with van der Waals surface area (Å²) in [6.45, 7) is 2.05. The molecule has 0 saturated carbocycles. The van der Waals surface area contributed by atoms with Crippen LogP contribution in [0.4, 0.5) is 0 Å². The van der Waals surface area contributed by atoms with Crippen molar-refractivity contribution in [3.05, 3.63) is 0 Å². The molecule has 1 fully saturated rings. The topological polar surface area (TPSA) is 58.9 Å². The predicted molar refractivity (Wildman–Crippen MR) is 38.2 cm³/mol. The molecule has 4 heteroatoms. The fraction of sp³-hybridized carbons (Fsp3) is 1.00. The van der Waals surface area contributed by atoms with Crippen molar-refractivity contribution in [2.75, 3.05) is 13.7 Å². The maximum absolute atomic E-state index is 9.30. The van der Waals surface area contributed by atoms with Gasteiger partial charge in [-0.15, -0.1) is 0 Å². The second-order valence-electron chi connectivity index (χ2n) is 2.82. The fourth-order valence-electron chi connectivity index (χ4n) is 1.24. The Labute approximate surface area is 65.7 Å². The molecule has 1 heterocycles. The minimum atomic E-state index is -0.815. The summed E-state index contributed by atoms with van der Waals surface area (Å²) in [5.74, 6) is 0. The highest BCUT2D eigenvalue weighted by molar-refractivity contribution is 4.87. The standard InChI is InChI=1S/C7H14O4/c1-4-6(8)7(9)5(11-4)3-10-2/h4-9H,3H2,1-2H3/t4-,5+,6+,7?/m0/s1. The third-order valence-electron chi connectivity index (χ3n) is 1.93. The zero-order valence-electron chi connectivity index (χ0n) is 6.73. The van der Waals surface area contributed by atoms with E-state index in [2.05, 4.69) is 0 Å². The maximum atomic E-state index is 9.30. The van der Waals surface area contributed by atoms with Crippen LogP contribution in [0.25, 0.3) is 0 Å². The SMILES string of the molecule is COC[C@H]1O[C@@H](C)[C@@H](O)C1O. The van der Waals surface area contributed by atoms with E-state index in [0.29, 0.717) is 6.61 Å². The van der Waals surface area contributed by atoms with Gasteiger partial charge in [-0.25, -0.2) is 0 Å². The van der Waals surface area contributed by atoms with E-state index >= 15 is 0 Å². The van der Waals surface area contributed by atoms with E-state index in [1.807, 2.05) is 0 Å². The van der Waals surface area contributed by atoms with Crippen LogP contribution >= 0.6 is 0 Å². The van der Waals surface area contributed by atoms with Crippen LogP contribution in [0, 0.1) is 0 Å². The fourth-order valence-corrected chi connectivity index (χ4v) is 1.24. The summed E-state index contributed by atoms with van der Waals surface area (Å²) in [4.78, 5) is 0. The van der Waals surface area contributed by atoms with Gasteiger partial charge in [0, 0.05) is 7.11 Å². The van der Waals surface area contributed by atoms with E-state index in [-0.39, 0.29) is 12.2 Å². The number of hydrogen-bond donors (Lipinski definition) is 2. The molecule has 0 aliphatic carbocycles. The molecule has 0 aromatic heterocycles. The van der Waals surface area contributed by atoms with Crippen LogP contribution in [0.15, 0.2) is 0 Å². The van der Waals surface area contributed by atoms with Crippen molar-refractivity contribution in [1.29, 1.82) is 0 Å². The first kappa shape index (κ1) is 8.93. The summed E-state index contributed by atoms with van der Waals surface area (Å²) >= 11 is 0. The molecule has 1 unspecified atom stereocenters. The molecule has 4 nitrogen and oxygen atoms in total. The Bertz CT molecular complexity index is 128. The van der Waals surface area contributed by atoms with Gasteiger partial charge in [0.15, 0.2) is 0 Å². The van der Waals surface area contributed by atoms with Gasteiger partial charge in [-0.2, -0.15) is 0 Å². The molecule has 0 aromatic carbocycles. The van der Waals surface area contributed by atoms with Gasteiger partial charge in [-0.05, 0) is 6.92 Å². The van der Waals surface area contributed by atoms with Crippen molar-refractivity contribution in [1.82, 2.24) is 0 Å². The number of ether oxygens (including phenoxy) is 2. The number of methoxy groups -OCH3 is 1. The van der Waals surface area contributed by atoms with Crippen LogP contribution in [-0.4, -0.2) is 48.3 Å². The van der Waals surface area contributed by atoms with Crippen LogP contribution in [0.2, 0.25) is 0 Å². The molecular formula is C7H14O4. The van der Waals surface area contributed by atoms with E-state index < -0.39 is 12.2 Å². The first-order chi connectivity index (χ1) is 5.16. The Balaban J connectivity index is 2.45. The molecule has 0 spiro atoms. The maximum Gasteiger partial charge on any atom is 0.111 e. The molecule has 0 aromatic rings. The van der Waals surface area contributed by atoms with Gasteiger partial charge in [0.2, 0.25) is 0 Å². The number of aliphatic hydroxyl groups excluding tert-OH is 2. The molecular weight excluding hydrogens is 148 g/mol. The van der Waals surface area contributed by atoms with Crippen molar-refractivity contribution in [3.8, 4) is 0 Å². The molecule has 0 amide bonds. The molecule has 2 N–H and O–H groups in total. The zero-order valence-corrected chi connectivity index (χ0v) is 6.73. The van der Waals surface area contributed by atoms with E-state index in [1.54, 1.807) is 6.92 Å². The monoisotopic (exact) mass is 162 g/mol. The van der Waals surface area contributed by atoms with Crippen molar-refractivity contribution in [3.63, 3.8) is 0 Å². The number of hydrogen-bond acceptors (Lipinski definition) is 4. The molecule has 11 heavy (non-hydrogen) atoms. The molecule has 0 bridgehead atoms. The Morgan fingerprint density at radius 3 is 2.36 bits per heavy atom. The summed E-state index contributed by atoms with van der Waals surface area (Å²) < 4.78 is 10.00. The Hall–Kier alpha value is -0.160. The lowest BCUT2D eigenvalue weighted by molar-refractivity contribution is -0.0290. The quantitative estimate of drug-likeness (QED) is 0.555. The minimum Gasteiger partial charge on any atom is -0.388 e. The van der Waals surface area contributed by atoms with Gasteiger partial charge in [0.25, 0.3) is 0 Å². The van der Waals surface area contributed by atoms with Crippen LogP contribution in [-0.2, 0) is 9.47 Å². The molecule has 1 rings (SSSR count). The lowest BCUT2D eigenvalue weighted by atomic mass is 10.1. The van der Waals surface area contributed by atoms with E-state index in [1.165, 1.54) is 7.11 Å². The molecule has 1 saturated heterocycles. The predicted octanol–water partition coefficient (Wildman–Crippen LogP) is -0.858. The lowest BCUT2D eigenvalue weighted by Crippen LogP contribution is -2.33. The largest absolute Gasteiger partial charge is 0.388 e. The van der Waals surface area contributed by atoms with Crippen molar-refractivity contribution >= 4 is 0 Å². The summed E-state index contributed by atoms with van der Waals surface area (Å²) in [7, 11) is 1.53. The van der Waals surface area contributed by atoms with Gasteiger partial charge >= 0.3 is 0 Å². The van der Waals surface area contributed by atoms with Gasteiger partial charge < -0.3 is 19.7 Å². The van der Waals surface area contributed by atoms with Crippen LogP contribution in [0.5, 0.6) is 0 Å². The van der Waals surface area contributed by atoms with Gasteiger partial charge in [0.05, 0.1) is 12.7 Å². The second-order valence-corrected chi connectivity index (χ2v) is 2.82. The minimum absolute atomic E-state index is 0.301. The van der Waals surface area contributed by atoms with Crippen molar-refractivity contribution < 1.29 is 19.7 Å². The summed E-state index contributed by atoms with van der Waals surface area (Å²) in [5.41, 5.74) is 0. The molecule has 1 aliphatic rings. The Kier molecular flexibility index (Phi) is 2.84. The second kappa shape index (κ2) is 3.49. The third-order valence-corrected chi connectivity index (χ3v) is 1.93. The Morgan fingerprint density at radius 2 is 2.00 bits per heavy atom. The third kappa shape index (κ3) is 1.70. The first-order valence-electron chi connectivity index (χ1n) is 3.67. The molecule has 4 atom stereocenters. The van der Waals surface area contributed by atoms with Crippen molar-refractivity contribution in [2.24, 2.45) is 0 Å². The van der Waals surface area contributed by atoms with Crippen LogP contribution in [0.3, 0.4) is 0 Å². The van der Waals surface area contributed by atoms with E-state index in [9.17, 15) is 10.2 Å². The van der Waals surface area contributed by atoms with Gasteiger partial charge in [-0.3, -0.25) is 0 Å². The zero-order chi connectivity index (χ0) is 8.43. The van der Waals surface area contributed by atoms with E-state index in [0.717, 1.165) is 0 Å². The highest BCUT2D eigenvalue weighted by Crippen LogP contribution is 2.20. The molecule has 66 valence electrons. The number of aliphatic hydroxyl groups is 2. The highest BCUT2D eigenvalue weighted by Gasteiger charge is 2.39. The summed E-state index contributed by atoms with van der Waals surface area (Å²) in [5, 5.41) is 18.5. The average molecular weight is 162 g/mol. The number of rotatable bonds is 2. The lowest BCUT2D eigenvalue weighted by Gasteiger charge is -2.12. The van der Waals surface area contributed by atoms with Crippen molar-refractivity contribution in [2.45, 2.75) is 31.3 Å². The molecule has 0 radical (unpaired) electrons. The normalized spacial score (nSPS) is 44.7. The van der Waals surface area contributed by atoms with Crippen LogP contribution in [0.1, 0.15) is 6.92 Å². The summed E-state index contributed by atoms with van der Waals surface area (Å²) in [6, 6.07) is 0. The summed E-state index contributed by atoms with van der Waals surface area (Å²) in [6.07, 6.45) is -2.28. The Morgan fingerprint density at radius 1 is 1.36 bits per heavy atom.